The first-order valence-electron chi connectivity index (χ1n) is 8.25. The highest BCUT2D eigenvalue weighted by molar-refractivity contribution is 5.93. The topological polar surface area (TPSA) is 61.9 Å². The third-order valence-electron chi connectivity index (χ3n) is 4.47. The maximum Gasteiger partial charge on any atom is 0.432 e. The molecule has 3 rings (SSSR count). The van der Waals surface area contributed by atoms with E-state index in [9.17, 15) is 18.0 Å². The molecule has 0 aliphatic carbocycles. The first-order valence-corrected chi connectivity index (χ1v) is 8.25. The van der Waals surface area contributed by atoms with Gasteiger partial charge >= 0.3 is 6.18 Å². The number of carbonyl (C=O) groups excluding carboxylic acids is 1. The molecule has 0 radical (unpaired) electrons. The van der Waals surface area contributed by atoms with Crippen molar-refractivity contribution >= 4 is 5.91 Å². The second-order valence-corrected chi connectivity index (χ2v) is 6.13. The summed E-state index contributed by atoms with van der Waals surface area (Å²) in [5.74, 6) is -0.131. The minimum absolute atomic E-state index is 0.176. The lowest BCUT2D eigenvalue weighted by molar-refractivity contribution is -0.141. The van der Waals surface area contributed by atoms with Gasteiger partial charge in [0.1, 0.15) is 17.2 Å². The van der Waals surface area contributed by atoms with Crippen molar-refractivity contribution in [3.05, 3.63) is 47.3 Å². The van der Waals surface area contributed by atoms with Crippen LogP contribution in [0.2, 0.25) is 0 Å². The predicted molar refractivity (Wildman–Crippen MR) is 85.1 cm³/mol. The minimum atomic E-state index is -4.45. The number of amides is 1. The lowest BCUT2D eigenvalue weighted by Gasteiger charge is -2.32. The molecule has 0 bridgehead atoms. The van der Waals surface area contributed by atoms with Crippen LogP contribution in [0.4, 0.5) is 13.2 Å². The second-order valence-electron chi connectivity index (χ2n) is 6.13. The van der Waals surface area contributed by atoms with E-state index >= 15 is 0 Å². The van der Waals surface area contributed by atoms with Gasteiger partial charge in [0.2, 0.25) is 0 Å². The van der Waals surface area contributed by atoms with E-state index in [2.05, 4.69) is 15.0 Å². The Bertz CT molecular complexity index is 756. The molecule has 3 heterocycles. The first kappa shape index (κ1) is 17.4. The third-order valence-corrected chi connectivity index (χ3v) is 4.47. The van der Waals surface area contributed by atoms with Crippen LogP contribution < -0.4 is 0 Å². The van der Waals surface area contributed by atoms with Crippen molar-refractivity contribution in [3.8, 4) is 0 Å². The summed E-state index contributed by atoms with van der Waals surface area (Å²) in [5, 5.41) is 0. The maximum atomic E-state index is 12.8. The molecule has 1 amide bonds. The van der Waals surface area contributed by atoms with E-state index < -0.39 is 11.9 Å². The lowest BCUT2D eigenvalue weighted by atomic mass is 9.96. The van der Waals surface area contributed by atoms with E-state index in [1.807, 2.05) is 13.0 Å². The summed E-state index contributed by atoms with van der Waals surface area (Å²) in [5.41, 5.74) is 0.428. The lowest BCUT2D eigenvalue weighted by Crippen LogP contribution is -2.40. The average Bonchev–Trinajstić information content (AvgIpc) is 3.12. The molecule has 0 aromatic carbocycles. The van der Waals surface area contributed by atoms with Gasteiger partial charge in [-0.05, 0) is 30.9 Å². The standard InChI is InChI=1S/C17H19F3N4O/c1-2-11-5-3-7-21-14(11)16(25)24-8-4-6-12(10-24)15-22-9-13(23-15)17(18,19)20/h3,5,7,9,12H,2,4,6,8,10H2,1H3,(H,22,23). The number of H-pyrrole nitrogens is 1. The summed E-state index contributed by atoms with van der Waals surface area (Å²) < 4.78 is 38.2. The highest BCUT2D eigenvalue weighted by Gasteiger charge is 2.35. The van der Waals surface area contributed by atoms with Crippen LogP contribution in [0.15, 0.2) is 24.5 Å². The number of imidazole rings is 1. The second kappa shape index (κ2) is 6.85. The molecule has 8 heteroatoms. The fourth-order valence-corrected chi connectivity index (χ4v) is 3.14. The Morgan fingerprint density at radius 3 is 2.88 bits per heavy atom. The first-order chi connectivity index (χ1) is 11.9. The molecule has 2 aromatic rings. The number of rotatable bonds is 3. The van der Waals surface area contributed by atoms with Gasteiger partial charge in [-0.15, -0.1) is 0 Å². The minimum Gasteiger partial charge on any atom is -0.338 e. The van der Waals surface area contributed by atoms with Gasteiger partial charge in [0, 0.05) is 25.2 Å². The Balaban J connectivity index is 1.77. The van der Waals surface area contributed by atoms with Crippen molar-refractivity contribution in [1.82, 2.24) is 19.9 Å². The van der Waals surface area contributed by atoms with E-state index in [0.717, 1.165) is 11.8 Å². The average molecular weight is 352 g/mol. The number of piperidine rings is 1. The molecule has 1 N–H and O–H groups in total. The molecule has 0 spiro atoms. The molecular formula is C17H19F3N4O. The van der Waals surface area contributed by atoms with E-state index in [1.54, 1.807) is 17.2 Å². The van der Waals surface area contributed by atoms with Crippen molar-refractivity contribution in [2.75, 3.05) is 13.1 Å². The van der Waals surface area contributed by atoms with E-state index in [4.69, 9.17) is 0 Å². The van der Waals surface area contributed by atoms with Gasteiger partial charge in [0.05, 0.1) is 6.20 Å². The number of aromatic nitrogens is 3. The van der Waals surface area contributed by atoms with Crippen molar-refractivity contribution in [3.63, 3.8) is 0 Å². The SMILES string of the molecule is CCc1cccnc1C(=O)N1CCCC(c2ncc(C(F)(F)F)[nH]2)C1. The van der Waals surface area contributed by atoms with Crippen molar-refractivity contribution in [1.29, 1.82) is 0 Å². The van der Waals surface area contributed by atoms with Crippen molar-refractivity contribution in [2.24, 2.45) is 0 Å². The van der Waals surface area contributed by atoms with Crippen LogP contribution in [0.5, 0.6) is 0 Å². The smallest absolute Gasteiger partial charge is 0.338 e. The largest absolute Gasteiger partial charge is 0.432 e. The number of halogens is 3. The Morgan fingerprint density at radius 2 is 2.20 bits per heavy atom. The Morgan fingerprint density at radius 1 is 1.40 bits per heavy atom. The van der Waals surface area contributed by atoms with Crippen LogP contribution in [0.25, 0.3) is 0 Å². The number of carbonyl (C=O) groups is 1. The Labute approximate surface area is 143 Å². The normalized spacial score (nSPS) is 18.4. The molecule has 25 heavy (non-hydrogen) atoms. The molecule has 1 unspecified atom stereocenters. The highest BCUT2D eigenvalue weighted by Crippen LogP contribution is 2.31. The van der Waals surface area contributed by atoms with Gasteiger partial charge in [-0.3, -0.25) is 9.78 Å². The fourth-order valence-electron chi connectivity index (χ4n) is 3.14. The van der Waals surface area contributed by atoms with Crippen LogP contribution in [-0.2, 0) is 12.6 Å². The van der Waals surface area contributed by atoms with Crippen LogP contribution >= 0.6 is 0 Å². The number of pyridine rings is 1. The molecule has 1 aliphatic rings. The quantitative estimate of drug-likeness (QED) is 0.921. The van der Waals surface area contributed by atoms with Crippen LogP contribution in [-0.4, -0.2) is 38.8 Å². The molecule has 1 saturated heterocycles. The van der Waals surface area contributed by atoms with Crippen LogP contribution in [0.1, 0.15) is 53.3 Å². The number of nitrogens with one attached hydrogen (secondary N) is 1. The molecule has 2 aromatic heterocycles. The summed E-state index contributed by atoms with van der Waals surface area (Å²) in [4.78, 5) is 24.9. The summed E-state index contributed by atoms with van der Waals surface area (Å²) in [7, 11) is 0. The van der Waals surface area contributed by atoms with Crippen LogP contribution in [0.3, 0.4) is 0 Å². The zero-order valence-corrected chi connectivity index (χ0v) is 13.8. The third kappa shape index (κ3) is 3.67. The van der Waals surface area contributed by atoms with Gasteiger partial charge < -0.3 is 9.88 Å². The van der Waals surface area contributed by atoms with Crippen molar-refractivity contribution < 1.29 is 18.0 Å². The summed E-state index contributed by atoms with van der Waals surface area (Å²) >= 11 is 0. The van der Waals surface area contributed by atoms with Gasteiger partial charge in [0.15, 0.2) is 0 Å². The zero-order valence-electron chi connectivity index (χ0n) is 13.8. The molecular weight excluding hydrogens is 333 g/mol. The molecule has 0 saturated carbocycles. The monoisotopic (exact) mass is 352 g/mol. The van der Waals surface area contributed by atoms with Gasteiger partial charge in [-0.2, -0.15) is 13.2 Å². The fraction of sp³-hybridized carbons (Fsp3) is 0.471. The zero-order chi connectivity index (χ0) is 18.0. The van der Waals surface area contributed by atoms with Gasteiger partial charge in [-0.25, -0.2) is 4.98 Å². The van der Waals surface area contributed by atoms with Gasteiger partial charge in [-0.1, -0.05) is 13.0 Å². The summed E-state index contributed by atoms with van der Waals surface area (Å²) in [6.45, 7) is 2.86. The Kier molecular flexibility index (Phi) is 4.78. The van der Waals surface area contributed by atoms with Crippen molar-refractivity contribution in [2.45, 2.75) is 38.3 Å². The highest BCUT2D eigenvalue weighted by atomic mass is 19.4. The number of aryl methyl sites for hydroxylation is 1. The van der Waals surface area contributed by atoms with E-state index in [1.165, 1.54) is 0 Å². The number of hydrogen-bond donors (Lipinski definition) is 1. The number of aromatic amines is 1. The molecule has 1 atom stereocenters. The Hall–Kier alpha value is -2.38. The molecule has 1 fully saturated rings. The molecule has 1 aliphatic heterocycles. The number of nitrogens with zero attached hydrogens (tertiary/aromatic N) is 3. The van der Waals surface area contributed by atoms with Gasteiger partial charge in [0.25, 0.3) is 5.91 Å². The molecule has 134 valence electrons. The van der Waals surface area contributed by atoms with E-state index in [-0.39, 0.29) is 17.6 Å². The maximum absolute atomic E-state index is 12.8. The summed E-state index contributed by atoms with van der Waals surface area (Å²) in [6.07, 6.45) is 0.0446. The van der Waals surface area contributed by atoms with E-state index in [0.29, 0.717) is 38.0 Å². The molecule has 5 nitrogen and oxygen atoms in total. The predicted octanol–water partition coefficient (Wildman–Crippen LogP) is 3.41. The number of hydrogen-bond acceptors (Lipinski definition) is 3. The number of likely N-dealkylation sites (tertiary alicyclic amines) is 1. The summed E-state index contributed by atoms with van der Waals surface area (Å²) in [6, 6.07) is 3.65. The number of alkyl halides is 3. The van der Waals surface area contributed by atoms with Crippen LogP contribution in [0, 0.1) is 0 Å².